The molecule has 0 aliphatic heterocycles. The van der Waals surface area contributed by atoms with Crippen molar-refractivity contribution in [2.24, 2.45) is 0 Å². The van der Waals surface area contributed by atoms with Crippen LogP contribution < -0.4 is 9.47 Å². The standard InChI is InChI=1S/C17H12F5NO6/c18-12-13(19)15(21)17(16(22)14(12)20)29-11(24)5-6-27-7-8-28-10-3-1-9(2-4-10)23(25)26/h1-4H,5-8H2. The number of ether oxygens (including phenoxy) is 3. The van der Waals surface area contributed by atoms with Gasteiger partial charge < -0.3 is 14.2 Å². The number of rotatable bonds is 9. The van der Waals surface area contributed by atoms with Gasteiger partial charge >= 0.3 is 5.97 Å². The van der Waals surface area contributed by atoms with Gasteiger partial charge in [-0.25, -0.2) is 13.2 Å². The molecule has 0 heterocycles. The predicted molar refractivity (Wildman–Crippen MR) is 85.9 cm³/mol. The highest BCUT2D eigenvalue weighted by molar-refractivity contribution is 5.72. The summed E-state index contributed by atoms with van der Waals surface area (Å²) in [7, 11) is 0. The summed E-state index contributed by atoms with van der Waals surface area (Å²) in [5.74, 6) is -14.0. The topological polar surface area (TPSA) is 87.9 Å². The van der Waals surface area contributed by atoms with E-state index in [1.807, 2.05) is 0 Å². The van der Waals surface area contributed by atoms with Crippen LogP contribution in [0.25, 0.3) is 0 Å². The molecule has 29 heavy (non-hydrogen) atoms. The number of benzene rings is 2. The Bertz CT molecular complexity index is 877. The highest BCUT2D eigenvalue weighted by atomic mass is 19.2. The molecule has 0 radical (unpaired) electrons. The second-order valence-corrected chi connectivity index (χ2v) is 5.33. The second-order valence-electron chi connectivity index (χ2n) is 5.33. The Morgan fingerprint density at radius 1 is 0.862 bits per heavy atom. The third kappa shape index (κ3) is 5.60. The number of esters is 1. The molecule has 12 heteroatoms. The number of non-ortho nitro benzene ring substituents is 1. The van der Waals surface area contributed by atoms with Crippen molar-refractivity contribution in [3.05, 3.63) is 63.5 Å². The first-order valence-corrected chi connectivity index (χ1v) is 7.89. The second kappa shape index (κ2) is 9.78. The Labute approximate surface area is 159 Å². The van der Waals surface area contributed by atoms with Gasteiger partial charge in [0.1, 0.15) is 12.4 Å². The maximum absolute atomic E-state index is 13.4. The van der Waals surface area contributed by atoms with Gasteiger partial charge in [-0.1, -0.05) is 0 Å². The molecule has 0 saturated carbocycles. The molecular formula is C17H12F5NO6. The molecule has 0 N–H and O–H groups in total. The van der Waals surface area contributed by atoms with Crippen LogP contribution in [-0.2, 0) is 9.53 Å². The Morgan fingerprint density at radius 3 is 1.97 bits per heavy atom. The number of halogens is 5. The fraction of sp³-hybridized carbons (Fsp3) is 0.235. The molecule has 2 rings (SSSR count). The van der Waals surface area contributed by atoms with E-state index in [1.54, 1.807) is 0 Å². The van der Waals surface area contributed by atoms with Crippen LogP contribution in [0.4, 0.5) is 27.6 Å². The van der Waals surface area contributed by atoms with Gasteiger partial charge in [-0.05, 0) is 12.1 Å². The number of carbonyl (C=O) groups excluding carboxylic acids is 1. The van der Waals surface area contributed by atoms with Crippen LogP contribution in [0.2, 0.25) is 0 Å². The van der Waals surface area contributed by atoms with Gasteiger partial charge in [-0.2, -0.15) is 8.78 Å². The molecule has 0 spiro atoms. The number of nitro groups is 1. The summed E-state index contributed by atoms with van der Waals surface area (Å²) in [6.45, 7) is -0.283. The van der Waals surface area contributed by atoms with E-state index in [0.717, 1.165) is 0 Å². The maximum Gasteiger partial charge on any atom is 0.313 e. The van der Waals surface area contributed by atoms with Gasteiger partial charge in [0.05, 0.1) is 24.6 Å². The van der Waals surface area contributed by atoms with Crippen LogP contribution in [-0.4, -0.2) is 30.7 Å². The van der Waals surface area contributed by atoms with Crippen LogP contribution >= 0.6 is 0 Å². The van der Waals surface area contributed by atoms with Gasteiger partial charge in [0, 0.05) is 12.1 Å². The van der Waals surface area contributed by atoms with Crippen molar-refractivity contribution < 1.29 is 45.9 Å². The molecule has 2 aromatic rings. The summed E-state index contributed by atoms with van der Waals surface area (Å²) < 4.78 is 80.2. The van der Waals surface area contributed by atoms with Gasteiger partial charge in [0.15, 0.2) is 0 Å². The van der Waals surface area contributed by atoms with Crippen molar-refractivity contribution in [1.29, 1.82) is 0 Å². The molecule has 0 saturated heterocycles. The zero-order valence-electron chi connectivity index (χ0n) is 14.4. The quantitative estimate of drug-likeness (QED) is 0.0897. The first-order chi connectivity index (χ1) is 13.7. The highest BCUT2D eigenvalue weighted by Gasteiger charge is 2.28. The summed E-state index contributed by atoms with van der Waals surface area (Å²) in [6, 6.07) is 5.23. The number of nitrogens with zero attached hydrogens (tertiary/aromatic N) is 1. The number of hydrogen-bond donors (Lipinski definition) is 0. The zero-order valence-corrected chi connectivity index (χ0v) is 14.4. The van der Waals surface area contributed by atoms with Crippen LogP contribution in [0.15, 0.2) is 24.3 Å². The number of hydrogen-bond acceptors (Lipinski definition) is 6. The average molecular weight is 421 g/mol. The van der Waals surface area contributed by atoms with E-state index in [2.05, 4.69) is 4.74 Å². The zero-order chi connectivity index (χ0) is 21.6. The van der Waals surface area contributed by atoms with Crippen molar-refractivity contribution in [3.8, 4) is 11.5 Å². The monoisotopic (exact) mass is 421 g/mol. The molecule has 2 aromatic carbocycles. The summed E-state index contributed by atoms with van der Waals surface area (Å²) >= 11 is 0. The summed E-state index contributed by atoms with van der Waals surface area (Å²) in [5, 5.41) is 10.5. The van der Waals surface area contributed by atoms with Gasteiger partial charge in [-0.3, -0.25) is 14.9 Å². The van der Waals surface area contributed by atoms with Crippen molar-refractivity contribution >= 4 is 11.7 Å². The highest BCUT2D eigenvalue weighted by Crippen LogP contribution is 2.29. The van der Waals surface area contributed by atoms with Crippen molar-refractivity contribution in [2.45, 2.75) is 6.42 Å². The predicted octanol–water partition coefficient (Wildman–Crippen LogP) is 3.68. The lowest BCUT2D eigenvalue weighted by Gasteiger charge is -2.09. The lowest BCUT2D eigenvalue weighted by Crippen LogP contribution is -2.16. The van der Waals surface area contributed by atoms with E-state index in [1.165, 1.54) is 24.3 Å². The van der Waals surface area contributed by atoms with E-state index in [-0.39, 0.29) is 25.5 Å². The minimum Gasteiger partial charge on any atom is -0.491 e. The third-order valence-corrected chi connectivity index (χ3v) is 3.38. The van der Waals surface area contributed by atoms with Crippen LogP contribution in [0.1, 0.15) is 6.42 Å². The molecule has 0 aromatic heterocycles. The van der Waals surface area contributed by atoms with Crippen LogP contribution in [0.5, 0.6) is 11.5 Å². The lowest BCUT2D eigenvalue weighted by atomic mass is 10.2. The van der Waals surface area contributed by atoms with Crippen LogP contribution in [0.3, 0.4) is 0 Å². The van der Waals surface area contributed by atoms with E-state index in [0.29, 0.717) is 5.75 Å². The smallest absolute Gasteiger partial charge is 0.313 e. The van der Waals surface area contributed by atoms with E-state index in [9.17, 15) is 36.9 Å². The molecule has 0 unspecified atom stereocenters. The molecule has 0 aliphatic rings. The van der Waals surface area contributed by atoms with Crippen LogP contribution in [0, 0.1) is 39.2 Å². The SMILES string of the molecule is O=C(CCOCCOc1ccc([N+](=O)[O-])cc1)Oc1c(F)c(F)c(F)c(F)c1F. The van der Waals surface area contributed by atoms with E-state index < -0.39 is 52.1 Å². The summed E-state index contributed by atoms with van der Waals surface area (Å²) in [6.07, 6.45) is -0.531. The van der Waals surface area contributed by atoms with Crippen molar-refractivity contribution in [1.82, 2.24) is 0 Å². The lowest BCUT2D eigenvalue weighted by molar-refractivity contribution is -0.384. The van der Waals surface area contributed by atoms with Crippen molar-refractivity contribution in [2.75, 3.05) is 19.8 Å². The minimum atomic E-state index is -2.36. The average Bonchev–Trinajstić information content (AvgIpc) is 2.71. The molecule has 0 amide bonds. The van der Waals surface area contributed by atoms with Gasteiger partial charge in [0.2, 0.25) is 34.8 Å². The minimum absolute atomic E-state index is 0.0184. The molecule has 0 fully saturated rings. The first-order valence-electron chi connectivity index (χ1n) is 7.89. The fourth-order valence-corrected chi connectivity index (χ4v) is 1.98. The van der Waals surface area contributed by atoms with Gasteiger partial charge in [-0.15, -0.1) is 0 Å². The molecule has 156 valence electrons. The third-order valence-electron chi connectivity index (χ3n) is 3.38. The Morgan fingerprint density at radius 2 is 1.41 bits per heavy atom. The summed E-state index contributed by atoms with van der Waals surface area (Å²) in [4.78, 5) is 21.4. The van der Waals surface area contributed by atoms with Crippen molar-refractivity contribution in [3.63, 3.8) is 0 Å². The molecule has 0 aliphatic carbocycles. The normalized spacial score (nSPS) is 10.7. The first kappa shape index (κ1) is 22.0. The Kier molecular flexibility index (Phi) is 7.42. The molecular weight excluding hydrogens is 409 g/mol. The van der Waals surface area contributed by atoms with Gasteiger partial charge in [0.25, 0.3) is 5.69 Å². The number of nitro benzene ring substituents is 1. The number of carbonyl (C=O) groups is 1. The van der Waals surface area contributed by atoms with E-state index >= 15 is 0 Å². The molecule has 0 atom stereocenters. The Balaban J connectivity index is 1.73. The molecule has 7 nitrogen and oxygen atoms in total. The maximum atomic E-state index is 13.4. The Hall–Kier alpha value is -3.28. The molecule has 0 bridgehead atoms. The largest absolute Gasteiger partial charge is 0.491 e. The van der Waals surface area contributed by atoms with E-state index in [4.69, 9.17) is 9.47 Å². The fourth-order valence-electron chi connectivity index (χ4n) is 1.98. The summed E-state index contributed by atoms with van der Waals surface area (Å²) in [5.41, 5.74) is -0.110.